The van der Waals surface area contributed by atoms with E-state index in [9.17, 15) is 0 Å². The average molecular weight is 352 g/mol. The Balaban J connectivity index is 0.00000529. The van der Waals surface area contributed by atoms with Gasteiger partial charge in [0.05, 0.1) is 0 Å². The fourth-order valence-corrected chi connectivity index (χ4v) is 3.31. The zero-order valence-corrected chi connectivity index (χ0v) is 16.9. The molecule has 0 saturated heterocycles. The van der Waals surface area contributed by atoms with E-state index in [0.29, 0.717) is 0 Å². The molecular formula is C22H38ClN. The quantitative estimate of drug-likeness (QED) is 0.308. The maximum Gasteiger partial charge on any atom is 0.0422 e. The molecule has 0 spiro atoms. The molecule has 0 bridgehead atoms. The molecule has 0 aliphatic carbocycles. The Bertz CT molecular complexity index is 479. The lowest BCUT2D eigenvalue weighted by Crippen LogP contribution is -2.02. The predicted molar refractivity (Wildman–Crippen MR) is 113 cm³/mol. The summed E-state index contributed by atoms with van der Waals surface area (Å²) >= 11 is 0. The van der Waals surface area contributed by atoms with Crippen LogP contribution < -0.4 is 5.73 Å². The van der Waals surface area contributed by atoms with Crippen molar-refractivity contribution in [1.29, 1.82) is 0 Å². The van der Waals surface area contributed by atoms with Crippen LogP contribution in [0.15, 0.2) is 12.6 Å². The van der Waals surface area contributed by atoms with E-state index in [-0.39, 0.29) is 12.4 Å². The lowest BCUT2D eigenvalue weighted by Gasteiger charge is -2.15. The van der Waals surface area contributed by atoms with Crippen molar-refractivity contribution in [3.8, 4) is 0 Å². The number of hydrogen-bond donors (Lipinski definition) is 1. The molecule has 2 N–H and O–H groups in total. The number of nitrogens with two attached hydrogens (primary N) is 1. The van der Waals surface area contributed by atoms with Gasteiger partial charge < -0.3 is 5.73 Å². The highest BCUT2D eigenvalue weighted by Gasteiger charge is 2.09. The molecule has 24 heavy (non-hydrogen) atoms. The maximum absolute atomic E-state index is 6.31. The first kappa shape index (κ1) is 23.1. The second-order valence-corrected chi connectivity index (χ2v) is 6.94. The molecule has 0 aromatic heterocycles. The Morgan fingerprint density at radius 2 is 1.42 bits per heavy atom. The van der Waals surface area contributed by atoms with Crippen molar-refractivity contribution in [2.75, 3.05) is 5.73 Å². The second kappa shape index (κ2) is 13.4. The molecule has 0 radical (unpaired) electrons. The summed E-state index contributed by atoms with van der Waals surface area (Å²) in [4.78, 5) is 0. The topological polar surface area (TPSA) is 26.0 Å². The Kier molecular flexibility index (Phi) is 12.8. The van der Waals surface area contributed by atoms with Crippen LogP contribution in [0.25, 0.3) is 6.08 Å². The van der Waals surface area contributed by atoms with Crippen molar-refractivity contribution in [2.45, 2.75) is 91.4 Å². The standard InChI is InChI=1S/C22H37N.ClH/c1-5-7-8-9-10-11-12-13-14-15-16-21-19(4)18(3)17-20(6-2)22(21)23;/h6,17H,2,5,7-16,23H2,1,3-4H3;1H. The van der Waals surface area contributed by atoms with E-state index in [0.717, 1.165) is 17.7 Å². The van der Waals surface area contributed by atoms with Gasteiger partial charge in [0.2, 0.25) is 0 Å². The minimum absolute atomic E-state index is 0. The molecule has 0 fully saturated rings. The van der Waals surface area contributed by atoms with Gasteiger partial charge >= 0.3 is 0 Å². The van der Waals surface area contributed by atoms with E-state index in [2.05, 4.69) is 33.4 Å². The lowest BCUT2D eigenvalue weighted by atomic mass is 9.93. The van der Waals surface area contributed by atoms with Crippen LogP contribution >= 0.6 is 12.4 Å². The van der Waals surface area contributed by atoms with Crippen molar-refractivity contribution in [3.63, 3.8) is 0 Å². The number of hydrogen-bond acceptors (Lipinski definition) is 1. The summed E-state index contributed by atoms with van der Waals surface area (Å²) in [5.41, 5.74) is 12.4. The smallest absolute Gasteiger partial charge is 0.0422 e. The van der Waals surface area contributed by atoms with Crippen LogP contribution in [0.1, 0.15) is 93.4 Å². The predicted octanol–water partition coefficient (Wildman–Crippen LogP) is 7.41. The van der Waals surface area contributed by atoms with Crippen LogP contribution in [0, 0.1) is 13.8 Å². The van der Waals surface area contributed by atoms with Crippen LogP contribution in [-0.2, 0) is 6.42 Å². The highest BCUT2D eigenvalue weighted by atomic mass is 35.5. The van der Waals surface area contributed by atoms with Gasteiger partial charge in [-0.3, -0.25) is 0 Å². The van der Waals surface area contributed by atoms with Gasteiger partial charge in [-0.05, 0) is 55.0 Å². The molecule has 1 rings (SSSR count). The normalized spacial score (nSPS) is 10.5. The molecule has 0 saturated carbocycles. The van der Waals surface area contributed by atoms with Crippen LogP contribution in [0.3, 0.4) is 0 Å². The summed E-state index contributed by atoms with van der Waals surface area (Å²) in [5.74, 6) is 0. The van der Waals surface area contributed by atoms with Gasteiger partial charge in [0.25, 0.3) is 0 Å². The van der Waals surface area contributed by atoms with Gasteiger partial charge in [0.1, 0.15) is 0 Å². The first-order valence-corrected chi connectivity index (χ1v) is 9.62. The van der Waals surface area contributed by atoms with Crippen molar-refractivity contribution >= 4 is 24.2 Å². The minimum atomic E-state index is 0. The number of anilines is 1. The summed E-state index contributed by atoms with van der Waals surface area (Å²) in [6, 6.07) is 2.15. The summed E-state index contributed by atoms with van der Waals surface area (Å²) in [5, 5.41) is 0. The molecule has 1 aromatic carbocycles. The lowest BCUT2D eigenvalue weighted by molar-refractivity contribution is 0.556. The van der Waals surface area contributed by atoms with E-state index >= 15 is 0 Å². The van der Waals surface area contributed by atoms with Gasteiger partial charge in [0.15, 0.2) is 0 Å². The SMILES string of the molecule is C=Cc1cc(C)c(C)c(CCCCCCCCCCCC)c1N.Cl. The third kappa shape index (κ3) is 7.75. The number of aryl methyl sites for hydroxylation is 1. The van der Waals surface area contributed by atoms with E-state index < -0.39 is 0 Å². The fraction of sp³-hybridized carbons (Fsp3) is 0.636. The first-order valence-electron chi connectivity index (χ1n) is 9.62. The van der Waals surface area contributed by atoms with Crippen LogP contribution in [0.4, 0.5) is 5.69 Å². The number of rotatable bonds is 12. The van der Waals surface area contributed by atoms with Gasteiger partial charge in [-0.25, -0.2) is 0 Å². The fourth-order valence-electron chi connectivity index (χ4n) is 3.31. The van der Waals surface area contributed by atoms with Crippen molar-refractivity contribution in [1.82, 2.24) is 0 Å². The van der Waals surface area contributed by atoms with Crippen LogP contribution in [0.5, 0.6) is 0 Å². The van der Waals surface area contributed by atoms with Gasteiger partial charge in [0, 0.05) is 5.69 Å². The molecule has 0 amide bonds. The molecular weight excluding hydrogens is 314 g/mol. The van der Waals surface area contributed by atoms with Gasteiger partial charge in [-0.1, -0.05) is 77.4 Å². The average Bonchev–Trinajstić information content (AvgIpc) is 2.55. The molecule has 0 heterocycles. The molecule has 1 nitrogen and oxygen atoms in total. The zero-order valence-electron chi connectivity index (χ0n) is 16.1. The molecule has 2 heteroatoms. The van der Waals surface area contributed by atoms with E-state index in [1.807, 2.05) is 6.08 Å². The molecule has 138 valence electrons. The number of nitrogen functional groups attached to an aromatic ring is 1. The number of unbranched alkanes of at least 4 members (excludes halogenated alkanes) is 9. The molecule has 0 aliphatic rings. The van der Waals surface area contributed by atoms with Crippen molar-refractivity contribution < 1.29 is 0 Å². The van der Waals surface area contributed by atoms with Crippen LogP contribution in [0.2, 0.25) is 0 Å². The Labute approximate surface area is 156 Å². The summed E-state index contributed by atoms with van der Waals surface area (Å²) in [7, 11) is 0. The van der Waals surface area contributed by atoms with Crippen LogP contribution in [-0.4, -0.2) is 0 Å². The van der Waals surface area contributed by atoms with Crippen molar-refractivity contribution in [3.05, 3.63) is 34.9 Å². The molecule has 0 unspecified atom stereocenters. The molecule has 0 aliphatic heterocycles. The number of halogens is 1. The van der Waals surface area contributed by atoms with E-state index in [1.165, 1.54) is 80.9 Å². The monoisotopic (exact) mass is 351 g/mol. The third-order valence-electron chi connectivity index (χ3n) is 5.05. The summed E-state index contributed by atoms with van der Waals surface area (Å²) in [6.45, 7) is 10.5. The van der Waals surface area contributed by atoms with E-state index in [1.54, 1.807) is 0 Å². The molecule has 1 aromatic rings. The molecule has 0 atom stereocenters. The van der Waals surface area contributed by atoms with Gasteiger partial charge in [-0.2, -0.15) is 0 Å². The van der Waals surface area contributed by atoms with Gasteiger partial charge in [-0.15, -0.1) is 12.4 Å². The number of benzene rings is 1. The largest absolute Gasteiger partial charge is 0.398 e. The Morgan fingerprint density at radius 3 is 1.92 bits per heavy atom. The third-order valence-corrected chi connectivity index (χ3v) is 5.05. The Morgan fingerprint density at radius 1 is 0.917 bits per heavy atom. The summed E-state index contributed by atoms with van der Waals surface area (Å²) in [6.07, 6.45) is 16.8. The highest BCUT2D eigenvalue weighted by molar-refractivity contribution is 5.85. The highest BCUT2D eigenvalue weighted by Crippen LogP contribution is 2.27. The second-order valence-electron chi connectivity index (χ2n) is 6.94. The maximum atomic E-state index is 6.31. The minimum Gasteiger partial charge on any atom is -0.398 e. The zero-order chi connectivity index (χ0) is 17.1. The summed E-state index contributed by atoms with van der Waals surface area (Å²) < 4.78 is 0. The van der Waals surface area contributed by atoms with Crippen molar-refractivity contribution in [2.24, 2.45) is 0 Å². The first-order chi connectivity index (χ1) is 11.1. The van der Waals surface area contributed by atoms with E-state index in [4.69, 9.17) is 5.73 Å². The Hall–Kier alpha value is -0.950.